The molecule has 0 atom stereocenters. The van der Waals surface area contributed by atoms with Gasteiger partial charge in [-0.3, -0.25) is 4.79 Å². The first-order valence-electron chi connectivity index (χ1n) is 10.5. The third kappa shape index (κ3) is 6.63. The lowest BCUT2D eigenvalue weighted by Crippen LogP contribution is -2.25. The summed E-state index contributed by atoms with van der Waals surface area (Å²) in [6.45, 7) is 4.68. The second-order valence-electron chi connectivity index (χ2n) is 8.90. The van der Waals surface area contributed by atoms with Crippen molar-refractivity contribution in [3.63, 3.8) is 0 Å². The van der Waals surface area contributed by atoms with E-state index in [9.17, 15) is 27.9 Å². The number of hydrogen-bond acceptors (Lipinski definition) is 6. The first kappa shape index (κ1) is 24.4. The fourth-order valence-corrected chi connectivity index (χ4v) is 3.11. The Balaban J connectivity index is 1.74. The van der Waals surface area contributed by atoms with Gasteiger partial charge in [0.1, 0.15) is 29.3 Å². The van der Waals surface area contributed by atoms with Crippen molar-refractivity contribution >= 4 is 17.4 Å². The molecule has 9 heteroatoms. The Labute approximate surface area is 189 Å². The number of ketones is 1. The van der Waals surface area contributed by atoms with Gasteiger partial charge in [0, 0.05) is 17.2 Å². The Morgan fingerprint density at radius 2 is 1.70 bits per heavy atom. The number of phenolic OH excluding ortho intramolecular Hbond substituents is 1. The summed E-state index contributed by atoms with van der Waals surface area (Å²) in [5, 5.41) is 13.3. The monoisotopic (exact) mass is 465 g/mol. The van der Waals surface area contributed by atoms with E-state index in [0.29, 0.717) is 11.8 Å². The van der Waals surface area contributed by atoms with E-state index in [0.717, 1.165) is 24.6 Å². The summed E-state index contributed by atoms with van der Waals surface area (Å²) >= 11 is 0. The largest absolute Gasteiger partial charge is 0.506 e. The van der Waals surface area contributed by atoms with E-state index in [2.05, 4.69) is 5.32 Å². The Bertz CT molecular complexity index is 1020. The van der Waals surface area contributed by atoms with Gasteiger partial charge in [-0.2, -0.15) is 13.2 Å². The minimum atomic E-state index is -4.84. The zero-order chi connectivity index (χ0) is 24.4. The van der Waals surface area contributed by atoms with Crippen LogP contribution in [-0.4, -0.2) is 29.0 Å². The highest BCUT2D eigenvalue weighted by atomic mass is 19.4. The number of phenols is 1. The van der Waals surface area contributed by atoms with Gasteiger partial charge in [0.05, 0.1) is 12.1 Å². The molecular weight excluding hydrogens is 439 g/mol. The number of Topliss-reactive ketones (excluding diaryl/α,β-unsaturated/α-hetero) is 1. The number of hydrogen-bond donors (Lipinski definition) is 2. The molecule has 0 amide bonds. The van der Waals surface area contributed by atoms with Gasteiger partial charge in [0.2, 0.25) is 0 Å². The molecule has 33 heavy (non-hydrogen) atoms. The number of carbonyl (C=O) groups excluding carboxylic acids is 2. The number of ether oxygens (including phenoxy) is 2. The maximum Gasteiger partial charge on any atom is 0.419 e. The summed E-state index contributed by atoms with van der Waals surface area (Å²) in [5.74, 6) is -1.54. The maximum absolute atomic E-state index is 13.2. The normalized spacial score (nSPS) is 14.0. The zero-order valence-corrected chi connectivity index (χ0v) is 18.6. The predicted octanol–water partition coefficient (Wildman–Crippen LogP) is 5.34. The summed E-state index contributed by atoms with van der Waals surface area (Å²) in [5.41, 5.74) is -2.12. The van der Waals surface area contributed by atoms with Gasteiger partial charge < -0.3 is 19.9 Å². The van der Waals surface area contributed by atoms with Gasteiger partial charge in [-0.05, 0) is 63.9 Å². The Morgan fingerprint density at radius 1 is 1.06 bits per heavy atom. The van der Waals surface area contributed by atoms with Crippen molar-refractivity contribution in [1.29, 1.82) is 0 Å². The minimum Gasteiger partial charge on any atom is -0.506 e. The number of anilines is 1. The Hall–Kier alpha value is -3.23. The van der Waals surface area contributed by atoms with Crippen LogP contribution in [0, 0.1) is 5.92 Å². The van der Waals surface area contributed by atoms with Crippen LogP contribution in [0.2, 0.25) is 0 Å². The number of halogens is 3. The summed E-state index contributed by atoms with van der Waals surface area (Å²) in [4.78, 5) is 24.4. The molecule has 0 aliphatic heterocycles. The van der Waals surface area contributed by atoms with Gasteiger partial charge in [0.25, 0.3) is 0 Å². The second kappa shape index (κ2) is 9.33. The molecular formula is C24H26F3NO5. The Morgan fingerprint density at radius 3 is 2.24 bits per heavy atom. The van der Waals surface area contributed by atoms with Crippen molar-refractivity contribution < 1.29 is 37.3 Å². The van der Waals surface area contributed by atoms with E-state index in [-0.39, 0.29) is 30.4 Å². The summed E-state index contributed by atoms with van der Waals surface area (Å²) in [6, 6.07) is 8.44. The zero-order valence-electron chi connectivity index (χ0n) is 18.6. The molecule has 2 aromatic rings. The smallest absolute Gasteiger partial charge is 0.419 e. The molecule has 3 rings (SSSR count). The molecule has 2 aromatic carbocycles. The van der Waals surface area contributed by atoms with Crippen molar-refractivity contribution in [2.45, 2.75) is 52.0 Å². The van der Waals surface area contributed by atoms with E-state index in [1.54, 1.807) is 45.0 Å². The number of nitrogens with one attached hydrogen (secondary N) is 1. The van der Waals surface area contributed by atoms with E-state index >= 15 is 0 Å². The topological polar surface area (TPSA) is 84.9 Å². The number of alkyl halides is 3. The average Bonchev–Trinajstić information content (AvgIpc) is 3.54. The first-order chi connectivity index (χ1) is 15.3. The van der Waals surface area contributed by atoms with Crippen LogP contribution in [0.5, 0.6) is 11.5 Å². The number of benzene rings is 2. The van der Waals surface area contributed by atoms with Crippen LogP contribution >= 0.6 is 0 Å². The third-order valence-corrected chi connectivity index (χ3v) is 4.92. The standard InChI is InChI=1S/C24H26F3NO5/c1-23(2,3)33-22(31)20-15(6-11-18(21(20)30)24(25,26)27)13-32-17-9-7-16(8-10-17)28-12-19(29)14-4-5-14/h6-11,14,28,30H,4-5,12-13H2,1-3H3. The van der Waals surface area contributed by atoms with Gasteiger partial charge in [-0.25, -0.2) is 4.79 Å². The molecule has 1 aliphatic rings. The van der Waals surface area contributed by atoms with Crippen LogP contribution < -0.4 is 10.1 Å². The van der Waals surface area contributed by atoms with Gasteiger partial charge in [-0.15, -0.1) is 0 Å². The van der Waals surface area contributed by atoms with Crippen LogP contribution in [-0.2, 0) is 22.3 Å². The molecule has 0 heterocycles. The van der Waals surface area contributed by atoms with Crippen molar-refractivity contribution in [1.82, 2.24) is 0 Å². The molecule has 0 bridgehead atoms. The SMILES string of the molecule is CC(C)(C)OC(=O)c1c(COc2ccc(NCC(=O)C3CC3)cc2)ccc(C(F)(F)F)c1O. The molecule has 2 N–H and O–H groups in total. The molecule has 1 saturated carbocycles. The van der Waals surface area contributed by atoms with Crippen molar-refractivity contribution in [3.8, 4) is 11.5 Å². The van der Waals surface area contributed by atoms with Gasteiger partial charge in [-0.1, -0.05) is 6.07 Å². The predicted molar refractivity (Wildman–Crippen MR) is 115 cm³/mol. The van der Waals surface area contributed by atoms with Crippen LogP contribution in [0.3, 0.4) is 0 Å². The van der Waals surface area contributed by atoms with Crippen molar-refractivity contribution in [3.05, 3.63) is 53.1 Å². The summed E-state index contributed by atoms with van der Waals surface area (Å²) in [6.07, 6.45) is -2.96. The highest BCUT2D eigenvalue weighted by molar-refractivity contribution is 5.95. The van der Waals surface area contributed by atoms with Crippen LogP contribution in [0.4, 0.5) is 18.9 Å². The lowest BCUT2D eigenvalue weighted by molar-refractivity contribution is -0.138. The van der Waals surface area contributed by atoms with Crippen LogP contribution in [0.25, 0.3) is 0 Å². The minimum absolute atomic E-state index is 0.0481. The van der Waals surface area contributed by atoms with E-state index in [1.807, 2.05) is 0 Å². The third-order valence-electron chi connectivity index (χ3n) is 4.92. The summed E-state index contributed by atoms with van der Waals surface area (Å²) in [7, 11) is 0. The van der Waals surface area contributed by atoms with E-state index in [4.69, 9.17) is 9.47 Å². The molecule has 0 spiro atoms. The molecule has 0 radical (unpaired) electrons. The van der Waals surface area contributed by atoms with E-state index < -0.39 is 34.6 Å². The average molecular weight is 465 g/mol. The van der Waals surface area contributed by atoms with Crippen LogP contribution in [0.15, 0.2) is 36.4 Å². The Kier molecular flexibility index (Phi) is 6.90. The molecule has 1 fully saturated rings. The maximum atomic E-state index is 13.2. The first-order valence-corrected chi connectivity index (χ1v) is 10.5. The molecule has 0 unspecified atom stereocenters. The number of rotatable bonds is 8. The second-order valence-corrected chi connectivity index (χ2v) is 8.90. The van der Waals surface area contributed by atoms with Crippen LogP contribution in [0.1, 0.15) is 55.1 Å². The lowest BCUT2D eigenvalue weighted by Gasteiger charge is -2.22. The quantitative estimate of drug-likeness (QED) is 0.512. The highest BCUT2D eigenvalue weighted by Crippen LogP contribution is 2.39. The summed E-state index contributed by atoms with van der Waals surface area (Å²) < 4.78 is 50.5. The lowest BCUT2D eigenvalue weighted by atomic mass is 10.0. The molecule has 0 aromatic heterocycles. The van der Waals surface area contributed by atoms with E-state index in [1.165, 1.54) is 0 Å². The van der Waals surface area contributed by atoms with Crippen molar-refractivity contribution in [2.75, 3.05) is 11.9 Å². The molecule has 1 aliphatic carbocycles. The highest BCUT2D eigenvalue weighted by Gasteiger charge is 2.37. The molecule has 178 valence electrons. The fourth-order valence-electron chi connectivity index (χ4n) is 3.11. The van der Waals surface area contributed by atoms with Gasteiger partial charge >= 0.3 is 12.1 Å². The molecule has 0 saturated heterocycles. The number of carbonyl (C=O) groups is 2. The molecule has 6 nitrogen and oxygen atoms in total. The van der Waals surface area contributed by atoms with Gasteiger partial charge in [0.15, 0.2) is 5.78 Å². The number of esters is 1. The fraction of sp³-hybridized carbons (Fsp3) is 0.417. The number of aromatic hydroxyl groups is 1. The van der Waals surface area contributed by atoms with Crippen molar-refractivity contribution in [2.24, 2.45) is 5.92 Å².